The SMILES string of the molecule is COc1ccc(C(N)Cc2sccc2Br)c(F)c1. The van der Waals surface area contributed by atoms with E-state index in [-0.39, 0.29) is 11.9 Å². The molecule has 1 aromatic heterocycles. The summed E-state index contributed by atoms with van der Waals surface area (Å²) < 4.78 is 19.8. The quantitative estimate of drug-likeness (QED) is 0.923. The van der Waals surface area contributed by atoms with Crippen LogP contribution in [0.25, 0.3) is 0 Å². The molecule has 1 unspecified atom stereocenters. The summed E-state index contributed by atoms with van der Waals surface area (Å²) >= 11 is 5.06. The highest BCUT2D eigenvalue weighted by molar-refractivity contribution is 9.10. The molecule has 2 nitrogen and oxygen atoms in total. The van der Waals surface area contributed by atoms with Gasteiger partial charge in [-0.25, -0.2) is 4.39 Å². The van der Waals surface area contributed by atoms with E-state index in [9.17, 15) is 4.39 Å². The van der Waals surface area contributed by atoms with Crippen molar-refractivity contribution in [3.63, 3.8) is 0 Å². The first-order valence-electron chi connectivity index (χ1n) is 5.42. The van der Waals surface area contributed by atoms with E-state index in [1.54, 1.807) is 23.5 Å². The standard InChI is InChI=1S/C13H13BrFNOS/c1-17-8-2-3-9(11(15)6-8)12(16)7-13-10(14)4-5-18-13/h2-6,12H,7,16H2,1H3. The van der Waals surface area contributed by atoms with Gasteiger partial charge in [-0.1, -0.05) is 6.07 Å². The average Bonchev–Trinajstić information content (AvgIpc) is 2.74. The van der Waals surface area contributed by atoms with Crippen LogP contribution >= 0.6 is 27.3 Å². The molecule has 0 radical (unpaired) electrons. The Labute approximate surface area is 118 Å². The minimum Gasteiger partial charge on any atom is -0.497 e. The van der Waals surface area contributed by atoms with Gasteiger partial charge in [0.2, 0.25) is 0 Å². The fourth-order valence-electron chi connectivity index (χ4n) is 1.72. The van der Waals surface area contributed by atoms with E-state index < -0.39 is 0 Å². The van der Waals surface area contributed by atoms with Gasteiger partial charge >= 0.3 is 0 Å². The topological polar surface area (TPSA) is 35.2 Å². The van der Waals surface area contributed by atoms with Gasteiger partial charge in [0.1, 0.15) is 11.6 Å². The Kier molecular flexibility index (Phi) is 4.37. The monoisotopic (exact) mass is 329 g/mol. The maximum Gasteiger partial charge on any atom is 0.131 e. The van der Waals surface area contributed by atoms with Gasteiger partial charge in [0, 0.05) is 33.4 Å². The molecule has 0 saturated carbocycles. The largest absolute Gasteiger partial charge is 0.497 e. The van der Waals surface area contributed by atoms with Gasteiger partial charge in [-0.3, -0.25) is 0 Å². The zero-order valence-corrected chi connectivity index (χ0v) is 12.2. The van der Waals surface area contributed by atoms with Gasteiger partial charge in [0.25, 0.3) is 0 Å². The Morgan fingerprint density at radius 1 is 1.44 bits per heavy atom. The third-order valence-electron chi connectivity index (χ3n) is 2.70. The molecule has 1 heterocycles. The molecule has 0 fully saturated rings. The maximum atomic E-state index is 13.8. The molecule has 2 N–H and O–H groups in total. The van der Waals surface area contributed by atoms with E-state index in [2.05, 4.69) is 15.9 Å². The predicted octanol–water partition coefficient (Wildman–Crippen LogP) is 3.90. The highest BCUT2D eigenvalue weighted by atomic mass is 79.9. The van der Waals surface area contributed by atoms with Crippen LogP contribution in [0, 0.1) is 5.82 Å². The van der Waals surface area contributed by atoms with Gasteiger partial charge in [0.15, 0.2) is 0 Å². The Morgan fingerprint density at radius 3 is 2.78 bits per heavy atom. The van der Waals surface area contributed by atoms with Crippen LogP contribution in [0.5, 0.6) is 5.75 Å². The summed E-state index contributed by atoms with van der Waals surface area (Å²) in [6.07, 6.45) is 0.613. The summed E-state index contributed by atoms with van der Waals surface area (Å²) in [6, 6.07) is 6.38. The molecule has 0 amide bonds. The highest BCUT2D eigenvalue weighted by Crippen LogP contribution is 2.29. The molecule has 1 atom stereocenters. The Bertz CT molecular complexity index is 544. The molecular weight excluding hydrogens is 317 g/mol. The number of benzene rings is 1. The van der Waals surface area contributed by atoms with Crippen LogP contribution < -0.4 is 10.5 Å². The van der Waals surface area contributed by atoms with Crippen LogP contribution in [-0.2, 0) is 6.42 Å². The normalized spacial score (nSPS) is 12.4. The Balaban J connectivity index is 2.19. The van der Waals surface area contributed by atoms with Gasteiger partial charge < -0.3 is 10.5 Å². The second kappa shape index (κ2) is 5.82. The number of hydrogen-bond acceptors (Lipinski definition) is 3. The number of methoxy groups -OCH3 is 1. The number of rotatable bonds is 4. The van der Waals surface area contributed by atoms with Crippen molar-refractivity contribution in [2.75, 3.05) is 7.11 Å². The number of halogens is 2. The van der Waals surface area contributed by atoms with Crippen molar-refractivity contribution >= 4 is 27.3 Å². The first kappa shape index (κ1) is 13.5. The maximum absolute atomic E-state index is 13.8. The van der Waals surface area contributed by atoms with Crippen molar-refractivity contribution in [2.45, 2.75) is 12.5 Å². The van der Waals surface area contributed by atoms with Gasteiger partial charge in [-0.15, -0.1) is 11.3 Å². The van der Waals surface area contributed by atoms with Crippen LogP contribution in [0.15, 0.2) is 34.1 Å². The zero-order valence-electron chi connectivity index (χ0n) is 9.82. The van der Waals surface area contributed by atoms with Crippen LogP contribution in [0.4, 0.5) is 4.39 Å². The minimum absolute atomic E-state index is 0.325. The summed E-state index contributed by atoms with van der Waals surface area (Å²) in [5.74, 6) is 0.176. The van der Waals surface area contributed by atoms with E-state index in [0.29, 0.717) is 17.7 Å². The van der Waals surface area contributed by atoms with E-state index >= 15 is 0 Å². The zero-order chi connectivity index (χ0) is 13.1. The van der Waals surface area contributed by atoms with Crippen molar-refractivity contribution in [1.82, 2.24) is 0 Å². The third-order valence-corrected chi connectivity index (χ3v) is 4.65. The number of nitrogens with two attached hydrogens (primary N) is 1. The highest BCUT2D eigenvalue weighted by Gasteiger charge is 2.15. The summed E-state index contributed by atoms with van der Waals surface area (Å²) in [4.78, 5) is 1.12. The number of thiophene rings is 1. The smallest absolute Gasteiger partial charge is 0.131 e. The molecule has 5 heteroatoms. The van der Waals surface area contributed by atoms with Crippen molar-refractivity contribution < 1.29 is 9.13 Å². The second-order valence-corrected chi connectivity index (χ2v) is 5.74. The average molecular weight is 330 g/mol. The van der Waals surface area contributed by atoms with Crippen molar-refractivity contribution in [1.29, 1.82) is 0 Å². The lowest BCUT2D eigenvalue weighted by atomic mass is 10.0. The van der Waals surface area contributed by atoms with Crippen molar-refractivity contribution in [2.24, 2.45) is 5.73 Å². The third kappa shape index (κ3) is 2.91. The fraction of sp³-hybridized carbons (Fsp3) is 0.231. The molecule has 0 spiro atoms. The molecule has 18 heavy (non-hydrogen) atoms. The van der Waals surface area contributed by atoms with E-state index in [1.165, 1.54) is 13.2 Å². The second-order valence-electron chi connectivity index (χ2n) is 3.89. The van der Waals surface area contributed by atoms with Crippen LogP contribution in [0.2, 0.25) is 0 Å². The number of hydrogen-bond donors (Lipinski definition) is 1. The molecule has 1 aromatic carbocycles. The summed E-state index contributed by atoms with van der Waals surface area (Å²) in [6.45, 7) is 0. The lowest BCUT2D eigenvalue weighted by Crippen LogP contribution is -2.14. The molecule has 0 bridgehead atoms. The van der Waals surface area contributed by atoms with Gasteiger partial charge in [0.05, 0.1) is 7.11 Å². The van der Waals surface area contributed by atoms with E-state index in [0.717, 1.165) is 9.35 Å². The molecule has 2 rings (SSSR count). The molecule has 0 saturated heterocycles. The fourth-order valence-corrected chi connectivity index (χ4v) is 3.29. The molecule has 0 aliphatic heterocycles. The van der Waals surface area contributed by atoms with Crippen LogP contribution in [0.3, 0.4) is 0 Å². The molecular formula is C13H13BrFNOS. The first-order chi connectivity index (χ1) is 8.61. The lowest BCUT2D eigenvalue weighted by Gasteiger charge is -2.13. The summed E-state index contributed by atoms with van der Waals surface area (Å²) in [7, 11) is 1.51. The lowest BCUT2D eigenvalue weighted by molar-refractivity contribution is 0.410. The Morgan fingerprint density at radius 2 is 2.22 bits per heavy atom. The number of ether oxygens (including phenoxy) is 1. The molecule has 2 aromatic rings. The van der Waals surface area contributed by atoms with Crippen molar-refractivity contribution in [3.05, 3.63) is 50.4 Å². The Hall–Kier alpha value is -0.910. The van der Waals surface area contributed by atoms with Gasteiger partial charge in [-0.2, -0.15) is 0 Å². The predicted molar refractivity (Wildman–Crippen MR) is 75.6 cm³/mol. The first-order valence-corrected chi connectivity index (χ1v) is 7.10. The van der Waals surface area contributed by atoms with E-state index in [4.69, 9.17) is 10.5 Å². The van der Waals surface area contributed by atoms with Crippen LogP contribution in [0.1, 0.15) is 16.5 Å². The van der Waals surface area contributed by atoms with Crippen molar-refractivity contribution in [3.8, 4) is 5.75 Å². The minimum atomic E-state index is -0.356. The molecule has 0 aliphatic rings. The van der Waals surface area contributed by atoms with Crippen LogP contribution in [-0.4, -0.2) is 7.11 Å². The van der Waals surface area contributed by atoms with Gasteiger partial charge in [-0.05, 0) is 33.4 Å². The summed E-state index contributed by atoms with van der Waals surface area (Å²) in [5.41, 5.74) is 6.56. The van der Waals surface area contributed by atoms with E-state index in [1.807, 2.05) is 11.4 Å². The molecule has 96 valence electrons. The summed E-state index contributed by atoms with van der Waals surface area (Å²) in [5, 5.41) is 1.98. The molecule has 0 aliphatic carbocycles.